The Hall–Kier alpha value is -1.73. The predicted molar refractivity (Wildman–Crippen MR) is 93.0 cm³/mol. The van der Waals surface area contributed by atoms with Gasteiger partial charge in [0.05, 0.1) is 0 Å². The van der Waals surface area contributed by atoms with E-state index in [4.69, 9.17) is 4.74 Å². The first-order valence-electron chi connectivity index (χ1n) is 7.78. The summed E-state index contributed by atoms with van der Waals surface area (Å²) in [6.45, 7) is 3.39. The Bertz CT molecular complexity index is 516. The van der Waals surface area contributed by atoms with Crippen LogP contribution in [0, 0.1) is 0 Å². The van der Waals surface area contributed by atoms with Crippen LogP contribution in [0.3, 0.4) is 0 Å². The summed E-state index contributed by atoms with van der Waals surface area (Å²) >= 11 is 1.87. The van der Waals surface area contributed by atoms with Crippen molar-refractivity contribution in [1.82, 2.24) is 10.6 Å². The van der Waals surface area contributed by atoms with Gasteiger partial charge in [0, 0.05) is 42.7 Å². The fourth-order valence-electron chi connectivity index (χ4n) is 2.22. The van der Waals surface area contributed by atoms with Crippen molar-refractivity contribution < 1.29 is 14.3 Å². The summed E-state index contributed by atoms with van der Waals surface area (Å²) in [5, 5.41) is 8.88. The minimum Gasteiger partial charge on any atom is -0.484 e. The number of likely N-dealkylation sites (N-methyl/N-ethyl adjacent to an activating group) is 1. The molecule has 1 fully saturated rings. The van der Waals surface area contributed by atoms with Gasteiger partial charge in [-0.15, -0.1) is 0 Å². The molecule has 0 saturated carbocycles. The molecule has 0 aromatic heterocycles. The van der Waals surface area contributed by atoms with Crippen molar-refractivity contribution in [3.05, 3.63) is 24.3 Å². The van der Waals surface area contributed by atoms with Crippen LogP contribution in [0.4, 0.5) is 5.69 Å². The van der Waals surface area contributed by atoms with Crippen LogP contribution in [0.25, 0.3) is 0 Å². The van der Waals surface area contributed by atoms with Crippen LogP contribution in [0.1, 0.15) is 13.3 Å². The molecule has 0 radical (unpaired) electrons. The minimum absolute atomic E-state index is 0.000918. The molecule has 1 aliphatic rings. The molecule has 6 nitrogen and oxygen atoms in total. The molecule has 1 aromatic carbocycles. The first-order valence-corrected chi connectivity index (χ1v) is 8.93. The molecule has 0 aliphatic carbocycles. The number of nitrogens with one attached hydrogen (secondary N) is 3. The number of rotatable bonds is 7. The lowest BCUT2D eigenvalue weighted by molar-refractivity contribution is -0.123. The van der Waals surface area contributed by atoms with Gasteiger partial charge >= 0.3 is 0 Å². The fourth-order valence-corrected chi connectivity index (χ4v) is 3.17. The van der Waals surface area contributed by atoms with Crippen molar-refractivity contribution in [2.45, 2.75) is 19.4 Å². The van der Waals surface area contributed by atoms with Crippen molar-refractivity contribution in [1.29, 1.82) is 0 Å². The average molecular weight is 337 g/mol. The third kappa shape index (κ3) is 6.50. The summed E-state index contributed by atoms with van der Waals surface area (Å²) in [6.07, 6.45) is 0.475. The van der Waals surface area contributed by atoms with Crippen molar-refractivity contribution in [3.8, 4) is 5.75 Å². The summed E-state index contributed by atoms with van der Waals surface area (Å²) in [6, 6.07) is 7.27. The zero-order chi connectivity index (χ0) is 16.5. The van der Waals surface area contributed by atoms with Crippen LogP contribution in [-0.2, 0) is 9.59 Å². The molecule has 126 valence electrons. The number of hydrogen-bond acceptors (Lipinski definition) is 5. The van der Waals surface area contributed by atoms with Crippen LogP contribution in [-0.4, -0.2) is 49.1 Å². The number of carbonyl (C=O) groups excluding carboxylic acids is 2. The second kappa shape index (κ2) is 9.42. The molecule has 2 rings (SSSR count). The van der Waals surface area contributed by atoms with Gasteiger partial charge in [-0.2, -0.15) is 11.8 Å². The highest BCUT2D eigenvalue weighted by molar-refractivity contribution is 7.99. The second-order valence-corrected chi connectivity index (χ2v) is 6.39. The van der Waals surface area contributed by atoms with Gasteiger partial charge in [0.1, 0.15) is 5.75 Å². The van der Waals surface area contributed by atoms with Gasteiger partial charge in [-0.3, -0.25) is 9.59 Å². The van der Waals surface area contributed by atoms with Gasteiger partial charge in [-0.25, -0.2) is 0 Å². The summed E-state index contributed by atoms with van der Waals surface area (Å²) in [5.41, 5.74) is 0.726. The SMILES string of the molecule is CCNC(=O)COc1ccc(NC(=O)CC2CSCCN2)cc1. The Balaban J connectivity index is 1.75. The molecule has 0 spiro atoms. The molecule has 1 aromatic rings. The number of thioether (sulfide) groups is 1. The summed E-state index contributed by atoms with van der Waals surface area (Å²) in [5.74, 6) is 2.53. The molecule has 0 bridgehead atoms. The Morgan fingerprint density at radius 2 is 2.09 bits per heavy atom. The second-order valence-electron chi connectivity index (χ2n) is 5.24. The van der Waals surface area contributed by atoms with Crippen LogP contribution in [0.2, 0.25) is 0 Å². The van der Waals surface area contributed by atoms with Crippen LogP contribution >= 0.6 is 11.8 Å². The molecule has 1 atom stereocenters. The van der Waals surface area contributed by atoms with Gasteiger partial charge in [0.25, 0.3) is 5.91 Å². The van der Waals surface area contributed by atoms with Crippen molar-refractivity contribution in [2.75, 3.05) is 36.5 Å². The molecule has 2 amide bonds. The highest BCUT2D eigenvalue weighted by Gasteiger charge is 2.16. The maximum atomic E-state index is 12.0. The van der Waals surface area contributed by atoms with E-state index >= 15 is 0 Å². The highest BCUT2D eigenvalue weighted by Crippen LogP contribution is 2.16. The fraction of sp³-hybridized carbons (Fsp3) is 0.500. The Kier molecular flexibility index (Phi) is 7.22. The van der Waals surface area contributed by atoms with E-state index in [1.165, 1.54) is 0 Å². The molecule has 7 heteroatoms. The zero-order valence-electron chi connectivity index (χ0n) is 13.3. The molecule has 1 saturated heterocycles. The minimum atomic E-state index is -0.150. The van der Waals surface area contributed by atoms with Crippen LogP contribution in [0.5, 0.6) is 5.75 Å². The Morgan fingerprint density at radius 1 is 1.30 bits per heavy atom. The van der Waals surface area contributed by atoms with Gasteiger partial charge < -0.3 is 20.7 Å². The largest absolute Gasteiger partial charge is 0.484 e. The summed E-state index contributed by atoms with van der Waals surface area (Å²) in [4.78, 5) is 23.3. The van der Waals surface area contributed by atoms with E-state index in [1.807, 2.05) is 18.7 Å². The maximum absolute atomic E-state index is 12.0. The smallest absolute Gasteiger partial charge is 0.257 e. The van der Waals surface area contributed by atoms with E-state index in [2.05, 4.69) is 16.0 Å². The third-order valence-corrected chi connectivity index (χ3v) is 4.44. The van der Waals surface area contributed by atoms with E-state index in [0.717, 1.165) is 23.7 Å². The zero-order valence-corrected chi connectivity index (χ0v) is 14.1. The van der Waals surface area contributed by atoms with Crippen molar-refractivity contribution in [2.24, 2.45) is 0 Å². The maximum Gasteiger partial charge on any atom is 0.257 e. The first kappa shape index (κ1) is 17.6. The molecule has 1 unspecified atom stereocenters. The van der Waals surface area contributed by atoms with Crippen molar-refractivity contribution in [3.63, 3.8) is 0 Å². The molecule has 1 heterocycles. The Morgan fingerprint density at radius 3 is 2.74 bits per heavy atom. The quantitative estimate of drug-likeness (QED) is 0.697. The normalized spacial score (nSPS) is 17.3. The lowest BCUT2D eigenvalue weighted by atomic mass is 10.2. The highest BCUT2D eigenvalue weighted by atomic mass is 32.2. The third-order valence-electron chi connectivity index (χ3n) is 3.31. The summed E-state index contributed by atoms with van der Waals surface area (Å²) in [7, 11) is 0. The number of benzene rings is 1. The van der Waals surface area contributed by atoms with E-state index in [-0.39, 0.29) is 24.5 Å². The molecular weight excluding hydrogens is 314 g/mol. The van der Waals surface area contributed by atoms with E-state index in [0.29, 0.717) is 18.7 Å². The molecular formula is C16H23N3O3S. The van der Waals surface area contributed by atoms with E-state index in [9.17, 15) is 9.59 Å². The first-order chi connectivity index (χ1) is 11.2. The van der Waals surface area contributed by atoms with Gasteiger partial charge in [-0.1, -0.05) is 0 Å². The lowest BCUT2D eigenvalue weighted by Gasteiger charge is -2.22. The summed E-state index contributed by atoms with van der Waals surface area (Å²) < 4.78 is 5.36. The number of carbonyl (C=O) groups is 2. The molecule has 3 N–H and O–H groups in total. The number of anilines is 1. The predicted octanol–water partition coefficient (Wildman–Crippen LogP) is 1.24. The van der Waals surface area contributed by atoms with Gasteiger partial charge in [0.15, 0.2) is 6.61 Å². The molecule has 23 heavy (non-hydrogen) atoms. The molecule has 1 aliphatic heterocycles. The number of amides is 2. The standard InChI is InChI=1S/C16H23N3O3S/c1-2-17-16(21)10-22-14-5-3-12(4-6-14)19-15(20)9-13-11-23-8-7-18-13/h3-6,13,18H,2,7-11H2,1H3,(H,17,21)(H,19,20). The number of hydrogen-bond donors (Lipinski definition) is 3. The van der Waals surface area contributed by atoms with Crippen LogP contribution < -0.4 is 20.7 Å². The topological polar surface area (TPSA) is 79.5 Å². The van der Waals surface area contributed by atoms with Gasteiger partial charge in [0.2, 0.25) is 5.91 Å². The van der Waals surface area contributed by atoms with E-state index < -0.39 is 0 Å². The van der Waals surface area contributed by atoms with Crippen LogP contribution in [0.15, 0.2) is 24.3 Å². The monoisotopic (exact) mass is 337 g/mol. The number of ether oxygens (including phenoxy) is 1. The van der Waals surface area contributed by atoms with Crippen molar-refractivity contribution >= 4 is 29.3 Å². The van der Waals surface area contributed by atoms with Gasteiger partial charge in [-0.05, 0) is 31.2 Å². The Labute approximate surface area is 140 Å². The van der Waals surface area contributed by atoms with E-state index in [1.54, 1.807) is 24.3 Å². The lowest BCUT2D eigenvalue weighted by Crippen LogP contribution is -2.39. The average Bonchev–Trinajstić information content (AvgIpc) is 2.55.